The van der Waals surface area contributed by atoms with Crippen LogP contribution in [-0.2, 0) is 4.74 Å². The fourth-order valence-corrected chi connectivity index (χ4v) is 2.66. The summed E-state index contributed by atoms with van der Waals surface area (Å²) in [6, 6.07) is 3.46. The van der Waals surface area contributed by atoms with Gasteiger partial charge in [-0.1, -0.05) is 0 Å². The largest absolute Gasteiger partial charge is 0.398 e. The number of anilines is 1. The Balaban J connectivity index is 2.10. The predicted octanol–water partition coefficient (Wildman–Crippen LogP) is -0.380. The smallest absolute Gasteiger partial charge is 0.167 e. The van der Waals surface area contributed by atoms with Gasteiger partial charge >= 0.3 is 0 Å². The number of rotatable bonds is 2. The maximum absolute atomic E-state index is 10.5. The van der Waals surface area contributed by atoms with E-state index in [4.69, 9.17) is 10.5 Å². The lowest BCUT2D eigenvalue weighted by Crippen LogP contribution is -2.44. The van der Waals surface area contributed by atoms with Crippen molar-refractivity contribution in [3.05, 3.63) is 24.5 Å². The summed E-state index contributed by atoms with van der Waals surface area (Å²) >= 11 is 0. The number of pyridine rings is 1. The van der Waals surface area contributed by atoms with Gasteiger partial charge in [0.2, 0.25) is 0 Å². The molecule has 1 saturated heterocycles. The molecule has 0 spiro atoms. The topological polar surface area (TPSA) is 114 Å². The van der Waals surface area contributed by atoms with Crippen molar-refractivity contribution in [2.24, 2.45) is 0 Å². The molecule has 0 saturated carbocycles. The Labute approximate surface area is 115 Å². The van der Waals surface area contributed by atoms with Crippen molar-refractivity contribution >= 4 is 16.7 Å². The SMILES string of the molecule is CC1(O)[C@@H](O)[C@@H](CO)O[C@H]1n1ccc2c(N)ccnc21. The quantitative estimate of drug-likeness (QED) is 0.596. The summed E-state index contributed by atoms with van der Waals surface area (Å²) in [4.78, 5) is 4.24. The van der Waals surface area contributed by atoms with Crippen LogP contribution in [0.4, 0.5) is 5.69 Å². The summed E-state index contributed by atoms with van der Waals surface area (Å²) in [6.07, 6.45) is 0.392. The summed E-state index contributed by atoms with van der Waals surface area (Å²) in [5.41, 5.74) is 5.47. The Hall–Kier alpha value is -1.67. The van der Waals surface area contributed by atoms with E-state index < -0.39 is 24.0 Å². The van der Waals surface area contributed by atoms with Gasteiger partial charge in [-0.25, -0.2) is 4.98 Å². The average Bonchev–Trinajstić information content (AvgIpc) is 2.92. The van der Waals surface area contributed by atoms with Crippen molar-refractivity contribution in [2.45, 2.75) is 31.0 Å². The first-order valence-electron chi connectivity index (χ1n) is 6.34. The fourth-order valence-electron chi connectivity index (χ4n) is 2.66. The lowest BCUT2D eigenvalue weighted by Gasteiger charge is -2.27. The number of hydrogen-bond acceptors (Lipinski definition) is 6. The molecule has 0 amide bonds. The molecule has 0 bridgehead atoms. The Bertz CT molecular complexity index is 640. The van der Waals surface area contributed by atoms with Crippen LogP contribution in [0.5, 0.6) is 0 Å². The zero-order valence-corrected chi connectivity index (χ0v) is 11.0. The van der Waals surface area contributed by atoms with Crippen LogP contribution in [0.3, 0.4) is 0 Å². The highest BCUT2D eigenvalue weighted by molar-refractivity contribution is 5.88. The van der Waals surface area contributed by atoms with E-state index in [1.807, 2.05) is 0 Å². The average molecular weight is 279 g/mol. The molecule has 0 aromatic carbocycles. The Morgan fingerprint density at radius 1 is 1.50 bits per heavy atom. The second-order valence-electron chi connectivity index (χ2n) is 5.24. The molecule has 2 aromatic rings. The number of ether oxygens (including phenoxy) is 1. The highest BCUT2D eigenvalue weighted by Crippen LogP contribution is 2.39. The Morgan fingerprint density at radius 2 is 2.25 bits per heavy atom. The van der Waals surface area contributed by atoms with Crippen LogP contribution in [0.2, 0.25) is 0 Å². The first-order chi connectivity index (χ1) is 9.46. The maximum atomic E-state index is 10.5. The third-order valence-corrected chi connectivity index (χ3v) is 3.84. The van der Waals surface area contributed by atoms with Crippen LogP contribution >= 0.6 is 0 Å². The first-order valence-corrected chi connectivity index (χ1v) is 6.34. The van der Waals surface area contributed by atoms with Crippen molar-refractivity contribution in [1.29, 1.82) is 0 Å². The van der Waals surface area contributed by atoms with E-state index in [2.05, 4.69) is 4.98 Å². The van der Waals surface area contributed by atoms with Gasteiger partial charge in [0.1, 0.15) is 23.5 Å². The van der Waals surface area contributed by atoms with Crippen molar-refractivity contribution in [1.82, 2.24) is 9.55 Å². The van der Waals surface area contributed by atoms with Crippen LogP contribution in [0, 0.1) is 0 Å². The fraction of sp³-hybridized carbons (Fsp3) is 0.462. The molecule has 7 heteroatoms. The van der Waals surface area contributed by atoms with E-state index >= 15 is 0 Å². The molecule has 1 unspecified atom stereocenters. The minimum absolute atomic E-state index is 0.372. The molecule has 1 fully saturated rings. The van der Waals surface area contributed by atoms with Crippen LogP contribution in [-0.4, -0.2) is 49.3 Å². The second kappa shape index (κ2) is 4.42. The molecule has 3 heterocycles. The van der Waals surface area contributed by atoms with E-state index in [0.717, 1.165) is 5.39 Å². The molecule has 3 rings (SSSR count). The third-order valence-electron chi connectivity index (χ3n) is 3.84. The van der Waals surface area contributed by atoms with Gasteiger partial charge in [0.25, 0.3) is 0 Å². The minimum Gasteiger partial charge on any atom is -0.398 e. The third kappa shape index (κ3) is 1.71. The van der Waals surface area contributed by atoms with Gasteiger partial charge in [-0.3, -0.25) is 0 Å². The number of aliphatic hydroxyl groups excluding tert-OH is 2. The van der Waals surface area contributed by atoms with Gasteiger partial charge in [0, 0.05) is 23.5 Å². The maximum Gasteiger partial charge on any atom is 0.167 e. The van der Waals surface area contributed by atoms with Crippen LogP contribution in [0.25, 0.3) is 11.0 Å². The lowest BCUT2D eigenvalue weighted by atomic mass is 9.96. The van der Waals surface area contributed by atoms with E-state index in [0.29, 0.717) is 11.3 Å². The molecule has 4 atom stereocenters. The van der Waals surface area contributed by atoms with E-state index in [9.17, 15) is 15.3 Å². The second-order valence-corrected chi connectivity index (χ2v) is 5.24. The number of hydrogen-bond donors (Lipinski definition) is 4. The molecule has 0 radical (unpaired) electrons. The number of nitrogens with two attached hydrogens (primary N) is 1. The van der Waals surface area contributed by atoms with Gasteiger partial charge in [0.05, 0.1) is 6.61 Å². The molecule has 1 aliphatic rings. The van der Waals surface area contributed by atoms with Gasteiger partial charge in [0.15, 0.2) is 6.23 Å². The van der Waals surface area contributed by atoms with Crippen molar-refractivity contribution in [3.63, 3.8) is 0 Å². The van der Waals surface area contributed by atoms with Crippen molar-refractivity contribution in [3.8, 4) is 0 Å². The van der Waals surface area contributed by atoms with E-state index in [1.54, 1.807) is 29.1 Å². The van der Waals surface area contributed by atoms with Gasteiger partial charge in [-0.15, -0.1) is 0 Å². The lowest BCUT2D eigenvalue weighted by molar-refractivity contribution is -0.0948. The van der Waals surface area contributed by atoms with Crippen LogP contribution in [0.15, 0.2) is 24.5 Å². The number of aliphatic hydroxyl groups is 3. The highest BCUT2D eigenvalue weighted by atomic mass is 16.6. The molecular weight excluding hydrogens is 262 g/mol. The van der Waals surface area contributed by atoms with Gasteiger partial charge in [-0.2, -0.15) is 0 Å². The molecule has 20 heavy (non-hydrogen) atoms. The van der Waals surface area contributed by atoms with Crippen molar-refractivity contribution in [2.75, 3.05) is 12.3 Å². The summed E-state index contributed by atoms with van der Waals surface area (Å²) in [5.74, 6) is 0. The molecule has 108 valence electrons. The number of nitrogens with zero attached hydrogens (tertiary/aromatic N) is 2. The molecule has 5 N–H and O–H groups in total. The van der Waals surface area contributed by atoms with Crippen LogP contribution < -0.4 is 5.73 Å². The predicted molar refractivity (Wildman–Crippen MR) is 71.8 cm³/mol. The number of fused-ring (bicyclic) bond motifs is 1. The zero-order chi connectivity index (χ0) is 14.5. The Morgan fingerprint density at radius 3 is 2.90 bits per heavy atom. The van der Waals surface area contributed by atoms with Crippen molar-refractivity contribution < 1.29 is 20.1 Å². The molecular formula is C13H17N3O4. The molecule has 2 aromatic heterocycles. The standard InChI is InChI=1S/C13H17N3O4/c1-13(19)10(18)9(6-17)20-12(13)16-5-3-7-8(14)2-4-15-11(7)16/h2-5,9-10,12,17-19H,6H2,1H3,(H2,14,15)/t9-,10+,12-,13?/m1/s1. The monoisotopic (exact) mass is 279 g/mol. The van der Waals surface area contributed by atoms with E-state index in [1.165, 1.54) is 6.92 Å². The molecule has 0 aliphatic carbocycles. The van der Waals surface area contributed by atoms with Gasteiger partial charge < -0.3 is 30.4 Å². The summed E-state index contributed by atoms with van der Waals surface area (Å²) in [7, 11) is 0. The summed E-state index contributed by atoms with van der Waals surface area (Å²) in [5, 5.41) is 30.4. The molecule has 1 aliphatic heterocycles. The zero-order valence-electron chi connectivity index (χ0n) is 11.0. The minimum atomic E-state index is -1.54. The van der Waals surface area contributed by atoms with Crippen LogP contribution in [0.1, 0.15) is 13.2 Å². The normalized spacial score (nSPS) is 33.9. The first kappa shape index (κ1) is 13.3. The van der Waals surface area contributed by atoms with Gasteiger partial charge in [-0.05, 0) is 19.1 Å². The number of nitrogen functional groups attached to an aromatic ring is 1. The highest BCUT2D eigenvalue weighted by Gasteiger charge is 2.53. The number of aromatic nitrogens is 2. The summed E-state index contributed by atoms with van der Waals surface area (Å²) in [6.45, 7) is 1.10. The Kier molecular flexibility index (Phi) is 2.94. The molecule has 7 nitrogen and oxygen atoms in total. The summed E-state index contributed by atoms with van der Waals surface area (Å²) < 4.78 is 7.18. The van der Waals surface area contributed by atoms with E-state index in [-0.39, 0.29) is 6.61 Å².